The molecule has 1 aromatic carbocycles. The fourth-order valence-corrected chi connectivity index (χ4v) is 2.46. The van der Waals surface area contributed by atoms with E-state index in [2.05, 4.69) is 49.2 Å². The molecular formula is C16H27ClN2O. The van der Waals surface area contributed by atoms with E-state index in [9.17, 15) is 0 Å². The molecule has 1 N–H and O–H groups in total. The van der Waals surface area contributed by atoms with E-state index in [-0.39, 0.29) is 0 Å². The van der Waals surface area contributed by atoms with Gasteiger partial charge in [0.15, 0.2) is 0 Å². The summed E-state index contributed by atoms with van der Waals surface area (Å²) in [7, 11) is 1.73. The zero-order valence-corrected chi connectivity index (χ0v) is 13.8. The fourth-order valence-electron chi connectivity index (χ4n) is 2.14. The van der Waals surface area contributed by atoms with Gasteiger partial charge in [-0.25, -0.2) is 0 Å². The molecule has 0 heterocycles. The number of nitrogens with one attached hydrogen (secondary N) is 1. The van der Waals surface area contributed by atoms with Gasteiger partial charge in [-0.15, -0.1) is 0 Å². The van der Waals surface area contributed by atoms with Gasteiger partial charge in [-0.05, 0) is 30.2 Å². The van der Waals surface area contributed by atoms with E-state index in [0.717, 1.165) is 36.9 Å². The van der Waals surface area contributed by atoms with Crippen LogP contribution in [0.3, 0.4) is 0 Å². The van der Waals surface area contributed by atoms with Gasteiger partial charge in [-0.3, -0.25) is 0 Å². The van der Waals surface area contributed by atoms with Crippen molar-refractivity contribution in [3.63, 3.8) is 0 Å². The summed E-state index contributed by atoms with van der Waals surface area (Å²) in [6, 6.07) is 6.32. The highest BCUT2D eigenvalue weighted by molar-refractivity contribution is 6.33. The van der Waals surface area contributed by atoms with Crippen molar-refractivity contribution in [3.05, 3.63) is 28.8 Å². The Hall–Kier alpha value is -0.770. The van der Waals surface area contributed by atoms with E-state index in [1.165, 1.54) is 5.56 Å². The van der Waals surface area contributed by atoms with Crippen LogP contribution in [0.4, 0.5) is 5.69 Å². The number of hydrogen-bond donors (Lipinski definition) is 1. The molecule has 0 bridgehead atoms. The van der Waals surface area contributed by atoms with Crippen LogP contribution in [0.2, 0.25) is 5.02 Å². The maximum absolute atomic E-state index is 6.46. The largest absolute Gasteiger partial charge is 0.383 e. The number of benzene rings is 1. The third kappa shape index (κ3) is 5.70. The van der Waals surface area contributed by atoms with Gasteiger partial charge in [0.2, 0.25) is 0 Å². The highest BCUT2D eigenvalue weighted by atomic mass is 35.5. The Morgan fingerprint density at radius 2 is 2.10 bits per heavy atom. The topological polar surface area (TPSA) is 24.5 Å². The Balaban J connectivity index is 2.83. The van der Waals surface area contributed by atoms with E-state index in [1.54, 1.807) is 7.11 Å². The standard InChI is InChI=1S/C16H27ClN2O/c1-5-18-11-14-6-7-16(15(17)10-14)19(8-9-20-4)12-13(2)3/h6-7,10,13,18H,5,8-9,11-12H2,1-4H3. The van der Waals surface area contributed by atoms with Gasteiger partial charge in [-0.2, -0.15) is 0 Å². The number of hydrogen-bond acceptors (Lipinski definition) is 3. The monoisotopic (exact) mass is 298 g/mol. The van der Waals surface area contributed by atoms with Gasteiger partial charge in [0.1, 0.15) is 0 Å². The van der Waals surface area contributed by atoms with Crippen LogP contribution in [-0.4, -0.2) is 33.4 Å². The van der Waals surface area contributed by atoms with Gasteiger partial charge in [0.05, 0.1) is 17.3 Å². The molecule has 20 heavy (non-hydrogen) atoms. The lowest BCUT2D eigenvalue weighted by atomic mass is 10.1. The molecule has 0 saturated carbocycles. The number of rotatable bonds is 9. The Bertz CT molecular complexity index is 396. The van der Waals surface area contributed by atoms with E-state index in [4.69, 9.17) is 16.3 Å². The van der Waals surface area contributed by atoms with Crippen LogP contribution in [0.25, 0.3) is 0 Å². The molecule has 0 amide bonds. The molecule has 3 nitrogen and oxygen atoms in total. The number of methoxy groups -OCH3 is 1. The summed E-state index contributed by atoms with van der Waals surface area (Å²) in [5, 5.41) is 4.13. The molecule has 0 unspecified atom stereocenters. The van der Waals surface area contributed by atoms with Gasteiger partial charge < -0.3 is 15.0 Å². The normalized spacial score (nSPS) is 11.1. The first kappa shape index (κ1) is 17.3. The Morgan fingerprint density at radius 1 is 1.35 bits per heavy atom. The van der Waals surface area contributed by atoms with Gasteiger partial charge >= 0.3 is 0 Å². The number of nitrogens with zero attached hydrogens (tertiary/aromatic N) is 1. The van der Waals surface area contributed by atoms with Crippen LogP contribution in [0.1, 0.15) is 26.3 Å². The number of anilines is 1. The molecule has 1 aromatic rings. The highest BCUT2D eigenvalue weighted by Gasteiger charge is 2.12. The minimum atomic E-state index is 0.587. The molecule has 0 aliphatic rings. The fraction of sp³-hybridized carbons (Fsp3) is 0.625. The first-order valence-electron chi connectivity index (χ1n) is 7.31. The van der Waals surface area contributed by atoms with Crippen molar-refractivity contribution >= 4 is 17.3 Å². The molecule has 0 aliphatic heterocycles. The summed E-state index contributed by atoms with van der Waals surface area (Å²) in [4.78, 5) is 2.30. The van der Waals surface area contributed by atoms with Crippen molar-refractivity contribution in [3.8, 4) is 0 Å². The van der Waals surface area contributed by atoms with E-state index in [0.29, 0.717) is 12.5 Å². The van der Waals surface area contributed by atoms with Crippen LogP contribution in [0.15, 0.2) is 18.2 Å². The first-order chi connectivity index (χ1) is 9.58. The molecule has 0 saturated heterocycles. The zero-order valence-electron chi connectivity index (χ0n) is 13.1. The van der Waals surface area contributed by atoms with Gasteiger partial charge in [0.25, 0.3) is 0 Å². The molecule has 0 radical (unpaired) electrons. The van der Waals surface area contributed by atoms with Gasteiger partial charge in [-0.1, -0.05) is 38.4 Å². The Kier molecular flexibility index (Phi) is 7.97. The van der Waals surface area contributed by atoms with E-state index in [1.807, 2.05) is 0 Å². The molecule has 0 aliphatic carbocycles. The van der Waals surface area contributed by atoms with Crippen LogP contribution < -0.4 is 10.2 Å². The Labute approximate surface area is 128 Å². The number of halogens is 1. The molecule has 114 valence electrons. The third-order valence-corrected chi connectivity index (χ3v) is 3.39. The van der Waals surface area contributed by atoms with Crippen LogP contribution in [-0.2, 0) is 11.3 Å². The van der Waals surface area contributed by atoms with Crippen LogP contribution in [0.5, 0.6) is 0 Å². The maximum atomic E-state index is 6.46. The summed E-state index contributed by atoms with van der Waals surface area (Å²) in [5.41, 5.74) is 2.31. The SMILES string of the molecule is CCNCc1ccc(N(CCOC)CC(C)C)c(Cl)c1. The van der Waals surface area contributed by atoms with E-state index >= 15 is 0 Å². The molecule has 0 spiro atoms. The lowest BCUT2D eigenvalue weighted by Gasteiger charge is -2.27. The second kappa shape index (κ2) is 9.22. The van der Waals surface area contributed by atoms with Crippen LogP contribution in [0, 0.1) is 5.92 Å². The predicted molar refractivity (Wildman–Crippen MR) is 87.8 cm³/mol. The molecule has 0 atom stereocenters. The third-order valence-electron chi connectivity index (χ3n) is 3.08. The minimum absolute atomic E-state index is 0.587. The number of ether oxygens (including phenoxy) is 1. The second-order valence-corrected chi connectivity index (χ2v) is 5.81. The predicted octanol–water partition coefficient (Wildman–Crippen LogP) is 3.56. The summed E-state index contributed by atoms with van der Waals surface area (Å²) in [6.07, 6.45) is 0. The highest BCUT2D eigenvalue weighted by Crippen LogP contribution is 2.27. The summed E-state index contributed by atoms with van der Waals surface area (Å²) in [5.74, 6) is 0.587. The zero-order chi connectivity index (χ0) is 15.0. The quantitative estimate of drug-likeness (QED) is 0.754. The summed E-state index contributed by atoms with van der Waals surface area (Å²) < 4.78 is 5.20. The van der Waals surface area contributed by atoms with Crippen molar-refractivity contribution in [2.75, 3.05) is 38.3 Å². The smallest absolute Gasteiger partial charge is 0.0642 e. The second-order valence-electron chi connectivity index (χ2n) is 5.40. The molecule has 1 rings (SSSR count). The van der Waals surface area contributed by atoms with Gasteiger partial charge in [0, 0.05) is 26.7 Å². The molecule has 0 aromatic heterocycles. The average molecular weight is 299 g/mol. The molecular weight excluding hydrogens is 272 g/mol. The summed E-state index contributed by atoms with van der Waals surface area (Å²) in [6.45, 7) is 10.9. The van der Waals surface area contributed by atoms with Crippen molar-refractivity contribution in [1.82, 2.24) is 5.32 Å². The first-order valence-corrected chi connectivity index (χ1v) is 7.69. The van der Waals surface area contributed by atoms with E-state index < -0.39 is 0 Å². The van der Waals surface area contributed by atoms with Crippen molar-refractivity contribution in [2.45, 2.75) is 27.3 Å². The van der Waals surface area contributed by atoms with Crippen molar-refractivity contribution in [2.24, 2.45) is 5.92 Å². The lowest BCUT2D eigenvalue weighted by Crippen LogP contribution is -2.31. The average Bonchev–Trinajstić information content (AvgIpc) is 2.41. The van der Waals surface area contributed by atoms with Crippen LogP contribution >= 0.6 is 11.6 Å². The minimum Gasteiger partial charge on any atom is -0.383 e. The van der Waals surface area contributed by atoms with Crippen molar-refractivity contribution < 1.29 is 4.74 Å². The molecule has 4 heteroatoms. The maximum Gasteiger partial charge on any atom is 0.0642 e. The summed E-state index contributed by atoms with van der Waals surface area (Å²) >= 11 is 6.46. The Morgan fingerprint density at radius 3 is 2.65 bits per heavy atom. The van der Waals surface area contributed by atoms with Crippen molar-refractivity contribution in [1.29, 1.82) is 0 Å². The lowest BCUT2D eigenvalue weighted by molar-refractivity contribution is 0.204. The molecule has 0 fully saturated rings.